The molecular formula is C32H37NO5S. The second kappa shape index (κ2) is 13.0. The number of aryl methyl sites for hydroxylation is 1. The van der Waals surface area contributed by atoms with E-state index in [1.54, 1.807) is 19.1 Å². The zero-order chi connectivity index (χ0) is 28.5. The van der Waals surface area contributed by atoms with Crippen LogP contribution in [0, 0.1) is 6.92 Å². The second-order valence-electron chi connectivity index (χ2n) is 10.4. The smallest absolute Gasteiger partial charge is 0.144 e. The number of para-hydroxylation sites is 1. The van der Waals surface area contributed by atoms with Gasteiger partial charge in [0.1, 0.15) is 21.5 Å². The fraction of sp³-hybridized carbons (Fsp3) is 0.250. The molecule has 0 heterocycles. The predicted octanol–water partition coefficient (Wildman–Crippen LogP) is 5.35. The number of ether oxygens (including phenoxy) is 1. The maximum atomic E-state index is 12.0. The number of hydrogen-bond acceptors (Lipinski definition) is 5. The molecule has 39 heavy (non-hydrogen) atoms. The number of quaternary nitrogens is 1. The van der Waals surface area contributed by atoms with Gasteiger partial charge in [-0.05, 0) is 35.7 Å². The van der Waals surface area contributed by atoms with Gasteiger partial charge < -0.3 is 18.9 Å². The topological polar surface area (TPSA) is 86.7 Å². The molecule has 4 rings (SSSR count). The van der Waals surface area contributed by atoms with Crippen LogP contribution in [-0.2, 0) is 15.7 Å². The quantitative estimate of drug-likeness (QED) is 0.132. The molecule has 0 saturated carbocycles. The van der Waals surface area contributed by atoms with Crippen molar-refractivity contribution >= 4 is 10.1 Å². The number of aliphatic hydroxyl groups is 1. The Morgan fingerprint density at radius 2 is 1.26 bits per heavy atom. The molecule has 206 valence electrons. The van der Waals surface area contributed by atoms with Gasteiger partial charge in [0.15, 0.2) is 0 Å². The van der Waals surface area contributed by atoms with Gasteiger partial charge in [-0.1, -0.05) is 97.1 Å². The highest BCUT2D eigenvalue weighted by Gasteiger charge is 2.36. The summed E-state index contributed by atoms with van der Waals surface area (Å²) in [7, 11) is 2.25. The van der Waals surface area contributed by atoms with Crippen LogP contribution < -0.4 is 4.74 Å². The van der Waals surface area contributed by atoms with Crippen LogP contribution in [0.15, 0.2) is 114 Å². The molecule has 0 radical (unpaired) electrons. The van der Waals surface area contributed by atoms with E-state index < -0.39 is 15.7 Å². The Labute approximate surface area is 232 Å². The van der Waals surface area contributed by atoms with E-state index in [0.29, 0.717) is 12.2 Å². The van der Waals surface area contributed by atoms with Crippen LogP contribution in [0.5, 0.6) is 5.75 Å². The number of benzene rings is 4. The maximum absolute atomic E-state index is 12.0. The summed E-state index contributed by atoms with van der Waals surface area (Å²) >= 11 is 0. The van der Waals surface area contributed by atoms with E-state index in [1.165, 1.54) is 12.1 Å². The summed E-state index contributed by atoms with van der Waals surface area (Å²) in [6.45, 7) is 3.24. The molecule has 0 bridgehead atoms. The van der Waals surface area contributed by atoms with E-state index in [9.17, 15) is 18.1 Å². The second-order valence-corrected chi connectivity index (χ2v) is 11.7. The van der Waals surface area contributed by atoms with Crippen LogP contribution in [-0.4, -0.2) is 56.9 Å². The fourth-order valence-corrected chi connectivity index (χ4v) is 4.99. The summed E-state index contributed by atoms with van der Waals surface area (Å²) in [6.07, 6.45) is 0.951. The van der Waals surface area contributed by atoms with Gasteiger partial charge in [-0.15, -0.1) is 0 Å². The average Bonchev–Trinajstić information content (AvgIpc) is 2.91. The Bertz CT molecular complexity index is 1390. The Morgan fingerprint density at radius 1 is 0.769 bits per heavy atom. The summed E-state index contributed by atoms with van der Waals surface area (Å²) in [4.78, 5) is -0.139. The lowest BCUT2D eigenvalue weighted by Crippen LogP contribution is -2.36. The molecule has 0 atom stereocenters. The van der Waals surface area contributed by atoms with Crippen LogP contribution in [0.1, 0.15) is 28.7 Å². The lowest BCUT2D eigenvalue weighted by atomic mass is 9.80. The first kappa shape index (κ1) is 30.1. The molecule has 0 spiro atoms. The van der Waals surface area contributed by atoms with E-state index in [0.717, 1.165) is 39.9 Å². The Balaban J connectivity index is 0.000000320. The number of hydrogen-bond donors (Lipinski definition) is 1. The molecule has 0 amide bonds. The minimum absolute atomic E-state index is 0.139. The first-order valence-corrected chi connectivity index (χ1v) is 14.2. The molecule has 1 N–H and O–H groups in total. The SMILES string of the molecule is C[N+](C)(C)CCCOc1ccccc1C(O)(c1ccccc1)c1ccccc1.Cc1ccccc1S(=O)(=O)[O-]. The standard InChI is InChI=1S/C25H30NO2.C7H8O3S/c1-26(2,3)19-12-20-28-24-18-11-10-17-23(24)25(27,21-13-6-4-7-14-21)22-15-8-5-9-16-22;1-6-4-2-3-5-7(6)11(8,9)10/h4-11,13-18,27H,12,19-20H2,1-3H3;2-5H,1H3,(H,8,9,10)/q+1;/p-1. The van der Waals surface area contributed by atoms with Crippen molar-refractivity contribution < 1.29 is 27.3 Å². The Morgan fingerprint density at radius 3 is 1.74 bits per heavy atom. The molecule has 0 aromatic heterocycles. The fourth-order valence-electron chi connectivity index (χ4n) is 4.29. The summed E-state index contributed by atoms with van der Waals surface area (Å²) in [5.74, 6) is 0.721. The van der Waals surface area contributed by atoms with Crippen LogP contribution in [0.25, 0.3) is 0 Å². The minimum atomic E-state index is -4.28. The average molecular weight is 548 g/mol. The molecule has 0 aliphatic rings. The maximum Gasteiger partial charge on any atom is 0.144 e. The normalized spacial score (nSPS) is 11.8. The van der Waals surface area contributed by atoms with Crippen molar-refractivity contribution in [3.63, 3.8) is 0 Å². The number of nitrogens with zero attached hydrogens (tertiary/aromatic N) is 1. The van der Waals surface area contributed by atoms with Crippen LogP contribution >= 0.6 is 0 Å². The van der Waals surface area contributed by atoms with Gasteiger partial charge in [-0.2, -0.15) is 0 Å². The summed E-state index contributed by atoms with van der Waals surface area (Å²) < 4.78 is 38.6. The van der Waals surface area contributed by atoms with Crippen LogP contribution in [0.3, 0.4) is 0 Å². The Kier molecular flexibility index (Phi) is 10.1. The zero-order valence-corrected chi connectivity index (χ0v) is 23.8. The van der Waals surface area contributed by atoms with Crippen molar-refractivity contribution in [2.45, 2.75) is 23.8 Å². The third-order valence-corrected chi connectivity index (χ3v) is 7.25. The molecule has 0 unspecified atom stereocenters. The van der Waals surface area contributed by atoms with Gasteiger partial charge in [0.25, 0.3) is 0 Å². The third kappa shape index (κ3) is 8.25. The molecule has 0 saturated heterocycles. The van der Waals surface area contributed by atoms with Crippen molar-refractivity contribution in [3.8, 4) is 5.75 Å². The molecule has 0 fully saturated rings. The van der Waals surface area contributed by atoms with E-state index in [1.807, 2.05) is 84.9 Å². The van der Waals surface area contributed by atoms with Crippen molar-refractivity contribution in [3.05, 3.63) is 131 Å². The highest BCUT2D eigenvalue weighted by molar-refractivity contribution is 7.85. The van der Waals surface area contributed by atoms with Gasteiger partial charge in [0.2, 0.25) is 0 Å². The van der Waals surface area contributed by atoms with E-state index >= 15 is 0 Å². The van der Waals surface area contributed by atoms with Gasteiger partial charge in [-0.3, -0.25) is 0 Å². The molecule has 7 heteroatoms. The van der Waals surface area contributed by atoms with Crippen LogP contribution in [0.4, 0.5) is 0 Å². The molecule has 0 aliphatic heterocycles. The first-order chi connectivity index (χ1) is 18.4. The van der Waals surface area contributed by atoms with Crippen molar-refractivity contribution in [2.75, 3.05) is 34.3 Å². The monoisotopic (exact) mass is 547 g/mol. The highest BCUT2D eigenvalue weighted by Crippen LogP contribution is 2.41. The van der Waals surface area contributed by atoms with Crippen molar-refractivity contribution in [1.29, 1.82) is 0 Å². The highest BCUT2D eigenvalue weighted by atomic mass is 32.2. The van der Waals surface area contributed by atoms with E-state index in [-0.39, 0.29) is 4.90 Å². The molecule has 4 aromatic carbocycles. The van der Waals surface area contributed by atoms with Crippen molar-refractivity contribution in [2.24, 2.45) is 0 Å². The lowest BCUT2D eigenvalue weighted by Gasteiger charge is -2.31. The summed E-state index contributed by atoms with van der Waals surface area (Å²) in [5, 5.41) is 12.0. The molecule has 6 nitrogen and oxygen atoms in total. The number of rotatable bonds is 9. The van der Waals surface area contributed by atoms with Gasteiger partial charge in [0, 0.05) is 12.0 Å². The first-order valence-electron chi connectivity index (χ1n) is 12.8. The van der Waals surface area contributed by atoms with Gasteiger partial charge >= 0.3 is 0 Å². The molecular weight excluding hydrogens is 510 g/mol. The van der Waals surface area contributed by atoms with E-state index in [4.69, 9.17) is 4.74 Å². The van der Waals surface area contributed by atoms with E-state index in [2.05, 4.69) is 21.1 Å². The zero-order valence-electron chi connectivity index (χ0n) is 22.9. The minimum Gasteiger partial charge on any atom is -0.744 e. The lowest BCUT2D eigenvalue weighted by molar-refractivity contribution is -0.870. The van der Waals surface area contributed by atoms with Crippen LogP contribution in [0.2, 0.25) is 0 Å². The van der Waals surface area contributed by atoms with Gasteiger partial charge in [-0.25, -0.2) is 8.42 Å². The third-order valence-electron chi connectivity index (χ3n) is 6.25. The predicted molar refractivity (Wildman–Crippen MR) is 154 cm³/mol. The van der Waals surface area contributed by atoms with Crippen molar-refractivity contribution in [1.82, 2.24) is 0 Å². The summed E-state index contributed by atoms with van der Waals surface area (Å²) in [6, 6.07) is 33.5. The summed E-state index contributed by atoms with van der Waals surface area (Å²) in [5.41, 5.74) is 1.62. The molecule has 4 aromatic rings. The largest absolute Gasteiger partial charge is 0.744 e. The Hall–Kier alpha value is -3.49. The molecule has 0 aliphatic carbocycles. The van der Waals surface area contributed by atoms with Gasteiger partial charge in [0.05, 0.1) is 39.2 Å².